The molecule has 1 aromatic rings. The maximum absolute atomic E-state index is 11.9. The van der Waals surface area contributed by atoms with Crippen LogP contribution in [0.1, 0.15) is 36.4 Å². The third-order valence-corrected chi connectivity index (χ3v) is 3.73. The number of carbonyl (C=O) groups excluding carboxylic acids is 1. The van der Waals surface area contributed by atoms with Gasteiger partial charge < -0.3 is 5.73 Å². The molecule has 1 unspecified atom stereocenters. The topological polar surface area (TPSA) is 43.1 Å². The quantitative estimate of drug-likeness (QED) is 0.794. The van der Waals surface area contributed by atoms with Gasteiger partial charge in [0.05, 0.1) is 9.21 Å². The summed E-state index contributed by atoms with van der Waals surface area (Å²) in [4.78, 5) is 12.6. The molecule has 90 valence electrons. The second-order valence-corrected chi connectivity index (χ2v) is 6.18. The zero-order valence-corrected chi connectivity index (χ0v) is 11.3. The molecular formula is C12H18ClNOS. The normalized spacial score (nSPS) is 13.1. The standard InChI is InChI=1S/C12H18ClNOS/c1-8(2)5-9(7-14)6-10(15)11-3-4-12(13)16-11/h3-4,8-9H,5-7,14H2,1-2H3. The van der Waals surface area contributed by atoms with Gasteiger partial charge in [-0.05, 0) is 36.9 Å². The van der Waals surface area contributed by atoms with Crippen LogP contribution in [-0.4, -0.2) is 12.3 Å². The molecule has 1 aromatic heterocycles. The van der Waals surface area contributed by atoms with Gasteiger partial charge in [0.1, 0.15) is 0 Å². The number of nitrogens with two attached hydrogens (primary N) is 1. The third-order valence-electron chi connectivity index (χ3n) is 2.46. The Morgan fingerprint density at radius 3 is 2.62 bits per heavy atom. The van der Waals surface area contributed by atoms with Crippen molar-refractivity contribution in [2.45, 2.75) is 26.7 Å². The van der Waals surface area contributed by atoms with Gasteiger partial charge in [-0.3, -0.25) is 4.79 Å². The van der Waals surface area contributed by atoms with Crippen LogP contribution < -0.4 is 5.73 Å². The number of thiophene rings is 1. The summed E-state index contributed by atoms with van der Waals surface area (Å²) in [6.07, 6.45) is 1.53. The average molecular weight is 260 g/mol. The van der Waals surface area contributed by atoms with Gasteiger partial charge >= 0.3 is 0 Å². The van der Waals surface area contributed by atoms with E-state index in [-0.39, 0.29) is 11.7 Å². The summed E-state index contributed by atoms with van der Waals surface area (Å²) >= 11 is 7.14. The number of rotatable bonds is 6. The fraction of sp³-hybridized carbons (Fsp3) is 0.583. The van der Waals surface area contributed by atoms with Gasteiger partial charge in [-0.15, -0.1) is 11.3 Å². The number of carbonyl (C=O) groups is 1. The summed E-state index contributed by atoms with van der Waals surface area (Å²) in [5.74, 6) is 1.02. The monoisotopic (exact) mass is 259 g/mol. The molecule has 0 spiro atoms. The average Bonchev–Trinajstić information content (AvgIpc) is 2.63. The van der Waals surface area contributed by atoms with Crippen molar-refractivity contribution in [3.05, 3.63) is 21.3 Å². The maximum atomic E-state index is 11.9. The Morgan fingerprint density at radius 1 is 1.50 bits per heavy atom. The molecule has 0 fully saturated rings. The van der Waals surface area contributed by atoms with E-state index >= 15 is 0 Å². The lowest BCUT2D eigenvalue weighted by atomic mass is 9.92. The van der Waals surface area contributed by atoms with Crippen molar-refractivity contribution in [1.29, 1.82) is 0 Å². The fourth-order valence-electron chi connectivity index (χ4n) is 1.76. The van der Waals surface area contributed by atoms with Crippen molar-refractivity contribution in [2.24, 2.45) is 17.6 Å². The first kappa shape index (κ1) is 13.7. The van der Waals surface area contributed by atoms with E-state index < -0.39 is 0 Å². The van der Waals surface area contributed by atoms with Crippen LogP contribution in [0.25, 0.3) is 0 Å². The second-order valence-electron chi connectivity index (χ2n) is 4.46. The highest BCUT2D eigenvalue weighted by Gasteiger charge is 2.16. The van der Waals surface area contributed by atoms with E-state index in [1.807, 2.05) is 0 Å². The van der Waals surface area contributed by atoms with Crippen molar-refractivity contribution in [3.63, 3.8) is 0 Å². The van der Waals surface area contributed by atoms with Crippen LogP contribution in [0.3, 0.4) is 0 Å². The molecule has 0 aromatic carbocycles. The first-order chi connectivity index (χ1) is 7.52. The molecule has 0 saturated carbocycles. The van der Waals surface area contributed by atoms with E-state index in [0.717, 1.165) is 11.3 Å². The molecule has 1 heterocycles. The van der Waals surface area contributed by atoms with E-state index in [9.17, 15) is 4.79 Å². The molecule has 4 heteroatoms. The Labute approximate surface area is 106 Å². The Morgan fingerprint density at radius 2 is 2.19 bits per heavy atom. The van der Waals surface area contributed by atoms with Crippen LogP contribution in [0.15, 0.2) is 12.1 Å². The van der Waals surface area contributed by atoms with Crippen molar-refractivity contribution in [1.82, 2.24) is 0 Å². The summed E-state index contributed by atoms with van der Waals surface area (Å²) in [6, 6.07) is 3.55. The van der Waals surface area contributed by atoms with Crippen LogP contribution in [0.5, 0.6) is 0 Å². The van der Waals surface area contributed by atoms with Crippen LogP contribution in [0.4, 0.5) is 0 Å². The predicted molar refractivity (Wildman–Crippen MR) is 70.3 cm³/mol. The minimum Gasteiger partial charge on any atom is -0.330 e. The molecular weight excluding hydrogens is 242 g/mol. The van der Waals surface area contributed by atoms with Gasteiger partial charge in [0.25, 0.3) is 0 Å². The third kappa shape index (κ3) is 4.24. The highest BCUT2D eigenvalue weighted by atomic mass is 35.5. The Bertz CT molecular complexity index is 349. The zero-order valence-electron chi connectivity index (χ0n) is 9.70. The van der Waals surface area contributed by atoms with Gasteiger partial charge in [0.15, 0.2) is 5.78 Å². The molecule has 0 bridgehead atoms. The van der Waals surface area contributed by atoms with E-state index in [0.29, 0.717) is 23.2 Å². The molecule has 1 rings (SSSR count). The van der Waals surface area contributed by atoms with E-state index in [1.54, 1.807) is 12.1 Å². The van der Waals surface area contributed by atoms with Gasteiger partial charge in [-0.2, -0.15) is 0 Å². The largest absolute Gasteiger partial charge is 0.330 e. The maximum Gasteiger partial charge on any atom is 0.173 e. The molecule has 2 nitrogen and oxygen atoms in total. The number of ketones is 1. The van der Waals surface area contributed by atoms with E-state index in [2.05, 4.69) is 13.8 Å². The van der Waals surface area contributed by atoms with Crippen LogP contribution in [-0.2, 0) is 0 Å². The zero-order chi connectivity index (χ0) is 12.1. The minimum atomic E-state index is 0.160. The fourth-order valence-corrected chi connectivity index (χ4v) is 2.75. The molecule has 0 aliphatic carbocycles. The Kier molecular flexibility index (Phi) is 5.46. The second kappa shape index (κ2) is 6.38. The molecule has 2 N–H and O–H groups in total. The lowest BCUT2D eigenvalue weighted by molar-refractivity contribution is 0.0961. The number of hydrogen-bond donors (Lipinski definition) is 1. The van der Waals surface area contributed by atoms with Gasteiger partial charge in [0, 0.05) is 6.42 Å². The van der Waals surface area contributed by atoms with Crippen LogP contribution in [0, 0.1) is 11.8 Å². The SMILES string of the molecule is CC(C)CC(CN)CC(=O)c1ccc(Cl)s1. The predicted octanol–water partition coefficient (Wildman–Crippen LogP) is 3.60. The number of Topliss-reactive ketones (excluding diaryl/α,β-unsaturated/α-hetero) is 1. The first-order valence-electron chi connectivity index (χ1n) is 5.51. The van der Waals surface area contributed by atoms with Gasteiger partial charge in [0.2, 0.25) is 0 Å². The molecule has 0 amide bonds. The molecule has 0 aliphatic heterocycles. The molecule has 0 aliphatic rings. The number of halogens is 1. The molecule has 0 radical (unpaired) electrons. The summed E-state index contributed by atoms with van der Waals surface area (Å²) < 4.78 is 0.663. The summed E-state index contributed by atoms with van der Waals surface area (Å²) in [5, 5.41) is 0. The molecule has 0 saturated heterocycles. The first-order valence-corrected chi connectivity index (χ1v) is 6.71. The van der Waals surface area contributed by atoms with E-state index in [4.69, 9.17) is 17.3 Å². The summed E-state index contributed by atoms with van der Waals surface area (Å²) in [6.45, 7) is 4.87. The van der Waals surface area contributed by atoms with Gasteiger partial charge in [-0.25, -0.2) is 0 Å². The lowest BCUT2D eigenvalue weighted by Gasteiger charge is -2.15. The number of hydrogen-bond acceptors (Lipinski definition) is 3. The molecule has 1 atom stereocenters. The van der Waals surface area contributed by atoms with Crippen molar-refractivity contribution in [3.8, 4) is 0 Å². The highest BCUT2D eigenvalue weighted by molar-refractivity contribution is 7.18. The van der Waals surface area contributed by atoms with Crippen LogP contribution in [0.2, 0.25) is 4.34 Å². The highest BCUT2D eigenvalue weighted by Crippen LogP contribution is 2.25. The summed E-state index contributed by atoms with van der Waals surface area (Å²) in [5.41, 5.74) is 5.68. The van der Waals surface area contributed by atoms with Crippen LogP contribution >= 0.6 is 22.9 Å². The summed E-state index contributed by atoms with van der Waals surface area (Å²) in [7, 11) is 0. The smallest absolute Gasteiger partial charge is 0.173 e. The minimum absolute atomic E-state index is 0.160. The van der Waals surface area contributed by atoms with E-state index in [1.165, 1.54) is 11.3 Å². The van der Waals surface area contributed by atoms with Crippen molar-refractivity contribution >= 4 is 28.7 Å². The Hall–Kier alpha value is -0.380. The van der Waals surface area contributed by atoms with Gasteiger partial charge in [-0.1, -0.05) is 25.4 Å². The Balaban J connectivity index is 2.55. The van der Waals surface area contributed by atoms with Crippen molar-refractivity contribution in [2.75, 3.05) is 6.54 Å². The molecule has 16 heavy (non-hydrogen) atoms. The van der Waals surface area contributed by atoms with Crippen molar-refractivity contribution < 1.29 is 4.79 Å². The lowest BCUT2D eigenvalue weighted by Crippen LogP contribution is -2.19.